The lowest BCUT2D eigenvalue weighted by Gasteiger charge is -2.09. The minimum Gasteiger partial charge on any atom is -0.462 e. The molecule has 0 saturated heterocycles. The molecule has 0 aliphatic heterocycles. The van der Waals surface area contributed by atoms with Crippen molar-refractivity contribution in [3.63, 3.8) is 0 Å². The zero-order valence-electron chi connectivity index (χ0n) is 16.5. The number of rotatable bonds is 8. The molecule has 0 atom stereocenters. The first-order chi connectivity index (χ1) is 14.8. The van der Waals surface area contributed by atoms with Gasteiger partial charge in [-0.2, -0.15) is 5.10 Å². The van der Waals surface area contributed by atoms with Gasteiger partial charge in [0.15, 0.2) is 0 Å². The fourth-order valence-corrected chi connectivity index (χ4v) is 3.83. The Hall–Kier alpha value is -3.36. The molecule has 4 aromatic rings. The van der Waals surface area contributed by atoms with Crippen LogP contribution in [0.5, 0.6) is 0 Å². The molecule has 0 amide bonds. The molecule has 30 heavy (non-hydrogen) atoms. The number of carbonyl (C=O) groups is 1. The smallest absolute Gasteiger partial charge is 0.341 e. The molecule has 0 aliphatic rings. The zero-order chi connectivity index (χ0) is 20.8. The predicted molar refractivity (Wildman–Crippen MR) is 115 cm³/mol. The molecule has 7 nitrogen and oxygen atoms in total. The van der Waals surface area contributed by atoms with Gasteiger partial charge in [-0.25, -0.2) is 14.5 Å². The summed E-state index contributed by atoms with van der Waals surface area (Å²) in [6, 6.07) is 13.9. The van der Waals surface area contributed by atoms with Gasteiger partial charge in [0, 0.05) is 36.4 Å². The Morgan fingerprint density at radius 2 is 2.00 bits per heavy atom. The van der Waals surface area contributed by atoms with Gasteiger partial charge in [-0.05, 0) is 18.6 Å². The lowest BCUT2D eigenvalue weighted by Crippen LogP contribution is -2.19. The van der Waals surface area contributed by atoms with Crippen LogP contribution in [0.3, 0.4) is 0 Å². The Morgan fingerprint density at radius 3 is 2.77 bits per heavy atom. The van der Waals surface area contributed by atoms with Crippen molar-refractivity contribution in [3.05, 3.63) is 83.3 Å². The fraction of sp³-hybridized carbons (Fsp3) is 0.182. The molecule has 0 spiro atoms. The van der Waals surface area contributed by atoms with Crippen LogP contribution in [-0.4, -0.2) is 32.3 Å². The molecule has 1 aromatic carbocycles. The molecule has 152 valence electrons. The van der Waals surface area contributed by atoms with E-state index in [1.165, 1.54) is 11.3 Å². The number of pyridine rings is 1. The Morgan fingerprint density at radius 1 is 1.13 bits per heavy atom. The molecular formula is C22H21N5O2S. The third-order valence-corrected chi connectivity index (χ3v) is 5.27. The summed E-state index contributed by atoms with van der Waals surface area (Å²) in [5.74, 6) is -0.387. The maximum atomic E-state index is 12.4. The van der Waals surface area contributed by atoms with Crippen molar-refractivity contribution in [1.29, 1.82) is 0 Å². The van der Waals surface area contributed by atoms with Gasteiger partial charge in [-0.15, -0.1) is 11.3 Å². The molecule has 0 aliphatic carbocycles. The molecular weight excluding hydrogens is 398 g/mol. The molecule has 3 heterocycles. The third-order valence-electron chi connectivity index (χ3n) is 4.45. The van der Waals surface area contributed by atoms with Gasteiger partial charge >= 0.3 is 5.97 Å². The van der Waals surface area contributed by atoms with Gasteiger partial charge in [-0.3, -0.25) is 4.98 Å². The average Bonchev–Trinajstić information content (AvgIpc) is 3.43. The van der Waals surface area contributed by atoms with E-state index in [9.17, 15) is 4.79 Å². The summed E-state index contributed by atoms with van der Waals surface area (Å²) in [7, 11) is 0. The highest BCUT2D eigenvalue weighted by Gasteiger charge is 2.21. The van der Waals surface area contributed by atoms with Crippen molar-refractivity contribution < 1.29 is 9.53 Å². The molecule has 0 radical (unpaired) electrons. The van der Waals surface area contributed by atoms with Gasteiger partial charge < -0.3 is 10.1 Å². The number of carbonyl (C=O) groups excluding carboxylic acids is 1. The molecule has 8 heteroatoms. The standard InChI is InChI=1S/C22H21N5O2S/c1-2-29-21(28)18-13-25-27(20(18)14-24-12-16-7-6-10-23-11-16)22-26-19(15-30-22)17-8-4-3-5-9-17/h3-11,13,15,24H,2,12,14H2,1H3. The Kier molecular flexibility index (Phi) is 6.26. The number of esters is 1. The van der Waals surface area contributed by atoms with Crippen molar-refractivity contribution in [2.75, 3.05) is 6.61 Å². The number of ether oxygens (including phenoxy) is 1. The van der Waals surface area contributed by atoms with Crippen LogP contribution in [0.15, 0.2) is 66.4 Å². The number of thiazole rings is 1. The maximum absolute atomic E-state index is 12.4. The summed E-state index contributed by atoms with van der Waals surface area (Å²) < 4.78 is 6.92. The van der Waals surface area contributed by atoms with Crippen molar-refractivity contribution in [2.45, 2.75) is 20.0 Å². The van der Waals surface area contributed by atoms with Crippen LogP contribution in [0.2, 0.25) is 0 Å². The summed E-state index contributed by atoms with van der Waals surface area (Å²) in [6.45, 7) is 3.15. The van der Waals surface area contributed by atoms with E-state index in [2.05, 4.69) is 15.4 Å². The van der Waals surface area contributed by atoms with Crippen LogP contribution < -0.4 is 5.32 Å². The minimum absolute atomic E-state index is 0.308. The number of hydrogen-bond acceptors (Lipinski definition) is 7. The molecule has 0 bridgehead atoms. The van der Waals surface area contributed by atoms with E-state index < -0.39 is 0 Å². The van der Waals surface area contributed by atoms with Crippen molar-refractivity contribution in [1.82, 2.24) is 25.1 Å². The molecule has 1 N–H and O–H groups in total. The Bertz CT molecular complexity index is 1110. The first-order valence-corrected chi connectivity index (χ1v) is 10.5. The fourth-order valence-electron chi connectivity index (χ4n) is 3.02. The van der Waals surface area contributed by atoms with E-state index in [1.807, 2.05) is 54.0 Å². The van der Waals surface area contributed by atoms with E-state index in [1.54, 1.807) is 24.0 Å². The molecule has 0 fully saturated rings. The van der Waals surface area contributed by atoms with Gasteiger partial charge in [0.25, 0.3) is 0 Å². The molecule has 0 saturated carbocycles. The van der Waals surface area contributed by atoms with Gasteiger partial charge in [0.1, 0.15) is 5.56 Å². The van der Waals surface area contributed by atoms with E-state index in [0.717, 1.165) is 16.8 Å². The summed E-state index contributed by atoms with van der Waals surface area (Å²) in [5.41, 5.74) is 4.12. The van der Waals surface area contributed by atoms with Crippen molar-refractivity contribution in [3.8, 4) is 16.4 Å². The summed E-state index contributed by atoms with van der Waals surface area (Å²) >= 11 is 1.48. The first-order valence-electron chi connectivity index (χ1n) is 9.61. The number of nitrogens with zero attached hydrogens (tertiary/aromatic N) is 4. The second kappa shape index (κ2) is 9.43. The van der Waals surface area contributed by atoms with E-state index >= 15 is 0 Å². The van der Waals surface area contributed by atoms with Gasteiger partial charge in [0.2, 0.25) is 5.13 Å². The van der Waals surface area contributed by atoms with Crippen LogP contribution >= 0.6 is 11.3 Å². The maximum Gasteiger partial charge on any atom is 0.341 e. The summed E-state index contributed by atoms with van der Waals surface area (Å²) in [6.07, 6.45) is 5.09. The Balaban J connectivity index is 1.61. The van der Waals surface area contributed by atoms with Gasteiger partial charge in [0.05, 0.1) is 24.2 Å². The first kappa shape index (κ1) is 19.9. The topological polar surface area (TPSA) is 81.9 Å². The highest BCUT2D eigenvalue weighted by atomic mass is 32.1. The highest BCUT2D eigenvalue weighted by molar-refractivity contribution is 7.12. The third kappa shape index (κ3) is 4.45. The highest BCUT2D eigenvalue weighted by Crippen LogP contribution is 2.25. The summed E-state index contributed by atoms with van der Waals surface area (Å²) in [4.78, 5) is 21.3. The van der Waals surface area contributed by atoms with E-state index in [-0.39, 0.29) is 5.97 Å². The number of aromatic nitrogens is 4. The zero-order valence-corrected chi connectivity index (χ0v) is 17.3. The molecule has 4 rings (SSSR count). The Labute approximate surface area is 178 Å². The minimum atomic E-state index is -0.387. The van der Waals surface area contributed by atoms with Crippen molar-refractivity contribution >= 4 is 17.3 Å². The van der Waals surface area contributed by atoms with Crippen LogP contribution in [0.4, 0.5) is 0 Å². The SMILES string of the molecule is CCOC(=O)c1cnn(-c2nc(-c3ccccc3)cs2)c1CNCc1cccnc1. The number of benzene rings is 1. The van der Waals surface area contributed by atoms with E-state index in [0.29, 0.717) is 36.1 Å². The normalized spacial score (nSPS) is 10.8. The molecule has 3 aromatic heterocycles. The number of hydrogen-bond donors (Lipinski definition) is 1. The predicted octanol–water partition coefficient (Wildman–Crippen LogP) is 3.86. The van der Waals surface area contributed by atoms with E-state index in [4.69, 9.17) is 9.72 Å². The lowest BCUT2D eigenvalue weighted by molar-refractivity contribution is 0.0525. The largest absolute Gasteiger partial charge is 0.462 e. The van der Waals surface area contributed by atoms with Crippen molar-refractivity contribution in [2.24, 2.45) is 0 Å². The second-order valence-corrected chi connectivity index (χ2v) is 7.32. The second-order valence-electron chi connectivity index (χ2n) is 6.48. The number of nitrogens with one attached hydrogen (secondary N) is 1. The molecule has 0 unspecified atom stereocenters. The van der Waals surface area contributed by atoms with Crippen LogP contribution in [-0.2, 0) is 17.8 Å². The lowest BCUT2D eigenvalue weighted by atomic mass is 10.2. The quantitative estimate of drug-likeness (QED) is 0.437. The average molecular weight is 420 g/mol. The summed E-state index contributed by atoms with van der Waals surface area (Å²) in [5, 5.41) is 10.5. The van der Waals surface area contributed by atoms with Gasteiger partial charge in [-0.1, -0.05) is 36.4 Å². The van der Waals surface area contributed by atoms with Crippen LogP contribution in [0.25, 0.3) is 16.4 Å². The van der Waals surface area contributed by atoms with Crippen LogP contribution in [0.1, 0.15) is 28.5 Å². The monoisotopic (exact) mass is 419 g/mol. The van der Waals surface area contributed by atoms with Crippen LogP contribution in [0, 0.1) is 0 Å².